The van der Waals surface area contributed by atoms with Crippen LogP contribution < -0.4 is 16.6 Å². The van der Waals surface area contributed by atoms with E-state index >= 15 is 0 Å². The van der Waals surface area contributed by atoms with E-state index in [-0.39, 0.29) is 16.3 Å². The highest BCUT2D eigenvalue weighted by Gasteiger charge is 2.75. The highest BCUT2D eigenvalue weighted by atomic mass is 35.5. The summed E-state index contributed by atoms with van der Waals surface area (Å²) in [6.07, 6.45) is -12.3. The molecule has 0 atom stereocenters. The molecule has 0 saturated heterocycles. The van der Waals surface area contributed by atoms with Gasteiger partial charge >= 0.3 is 18.0 Å². The summed E-state index contributed by atoms with van der Waals surface area (Å²) in [5.74, 6) is -2.91. The van der Waals surface area contributed by atoms with Gasteiger partial charge in [-0.2, -0.15) is 26.3 Å². The highest BCUT2D eigenvalue weighted by molar-refractivity contribution is 6.30. The van der Waals surface area contributed by atoms with Crippen molar-refractivity contribution in [2.45, 2.75) is 17.9 Å². The van der Waals surface area contributed by atoms with Gasteiger partial charge in [-0.25, -0.2) is 18.7 Å². The SMILES string of the molecule is O=c1[nH]c(=O)n(-c2ccc(Cl)cc2)c2c1C(C(F)(F)F)(C(F)(F)F)N=C(c1ccc(F)cc1)N2. The standard InChI is InChI=1S/C20H10ClF7N4O2/c21-10-3-7-12(8-4-10)32-15-13(16(33)30-17(32)34)18(19(23,24)25,20(26,27)28)31-14(29-15)9-1-5-11(22)6-2-9/h1-8H,(H,29,31)(H,30,33,34). The lowest BCUT2D eigenvalue weighted by Crippen LogP contribution is -2.59. The van der Waals surface area contributed by atoms with Crippen molar-refractivity contribution in [3.8, 4) is 5.69 Å². The molecule has 3 aromatic rings. The fourth-order valence-electron chi connectivity index (χ4n) is 3.51. The molecule has 6 nitrogen and oxygen atoms in total. The Morgan fingerprint density at radius 1 is 0.882 bits per heavy atom. The van der Waals surface area contributed by atoms with E-state index in [1.54, 1.807) is 0 Å². The van der Waals surface area contributed by atoms with Gasteiger partial charge in [0.2, 0.25) is 0 Å². The Morgan fingerprint density at radius 3 is 1.97 bits per heavy atom. The maximum atomic E-state index is 14.2. The normalized spacial score (nSPS) is 15.4. The Labute approximate surface area is 189 Å². The summed E-state index contributed by atoms with van der Waals surface area (Å²) in [4.78, 5) is 29.5. The van der Waals surface area contributed by atoms with Crippen LogP contribution in [0.5, 0.6) is 0 Å². The van der Waals surface area contributed by atoms with Crippen molar-refractivity contribution in [2.75, 3.05) is 5.32 Å². The second-order valence-electron chi connectivity index (χ2n) is 7.09. The number of hydrogen-bond acceptors (Lipinski definition) is 4. The lowest BCUT2D eigenvalue weighted by Gasteiger charge is -2.38. The molecule has 0 radical (unpaired) electrons. The van der Waals surface area contributed by atoms with Crippen LogP contribution >= 0.6 is 11.6 Å². The summed E-state index contributed by atoms with van der Waals surface area (Å²) < 4.78 is 99.1. The van der Waals surface area contributed by atoms with Crippen LogP contribution in [0.4, 0.5) is 36.6 Å². The number of hydrogen-bond donors (Lipinski definition) is 2. The van der Waals surface area contributed by atoms with Crippen molar-refractivity contribution >= 4 is 23.3 Å². The number of aromatic nitrogens is 2. The first-order valence-corrected chi connectivity index (χ1v) is 9.56. The van der Waals surface area contributed by atoms with Gasteiger partial charge in [0.1, 0.15) is 23.0 Å². The first kappa shape index (κ1) is 23.5. The summed E-state index contributed by atoms with van der Waals surface area (Å²) in [5, 5.41) is 2.40. The van der Waals surface area contributed by atoms with Crippen LogP contribution in [-0.2, 0) is 5.54 Å². The molecule has 34 heavy (non-hydrogen) atoms. The van der Waals surface area contributed by atoms with Crippen molar-refractivity contribution in [1.82, 2.24) is 9.55 Å². The van der Waals surface area contributed by atoms with Gasteiger partial charge in [0.15, 0.2) is 0 Å². The van der Waals surface area contributed by atoms with E-state index in [2.05, 4.69) is 10.3 Å². The lowest BCUT2D eigenvalue weighted by atomic mass is 9.87. The molecule has 0 aliphatic carbocycles. The quantitative estimate of drug-likeness (QED) is 0.502. The maximum Gasteiger partial charge on any atom is 0.427 e. The molecule has 1 aliphatic heterocycles. The Kier molecular flexibility index (Phi) is 5.35. The Hall–Kier alpha value is -3.61. The molecule has 0 amide bonds. The van der Waals surface area contributed by atoms with Gasteiger partial charge in [0.05, 0.1) is 5.69 Å². The van der Waals surface area contributed by atoms with E-state index in [1.807, 2.05) is 0 Å². The Morgan fingerprint density at radius 2 is 1.44 bits per heavy atom. The smallest absolute Gasteiger partial charge is 0.325 e. The van der Waals surface area contributed by atoms with Crippen LogP contribution in [-0.4, -0.2) is 27.7 Å². The van der Waals surface area contributed by atoms with Gasteiger partial charge < -0.3 is 5.32 Å². The zero-order valence-electron chi connectivity index (χ0n) is 16.4. The fraction of sp³-hybridized carbons (Fsp3) is 0.150. The minimum absolute atomic E-state index is 0.163. The van der Waals surface area contributed by atoms with Gasteiger partial charge in [-0.3, -0.25) is 9.78 Å². The van der Waals surface area contributed by atoms with E-state index in [0.29, 0.717) is 4.57 Å². The molecule has 0 spiro atoms. The minimum atomic E-state index is -6.16. The van der Waals surface area contributed by atoms with Gasteiger partial charge in [-0.15, -0.1) is 0 Å². The lowest BCUT2D eigenvalue weighted by molar-refractivity contribution is -0.301. The van der Waals surface area contributed by atoms with Crippen molar-refractivity contribution in [3.05, 3.63) is 91.3 Å². The summed E-state index contributed by atoms with van der Waals surface area (Å²) in [6.45, 7) is 0. The zero-order chi connectivity index (χ0) is 25.1. The molecule has 1 aromatic heterocycles. The molecule has 14 heteroatoms. The Bertz CT molecular complexity index is 1390. The van der Waals surface area contributed by atoms with E-state index in [4.69, 9.17) is 11.6 Å². The first-order valence-electron chi connectivity index (χ1n) is 9.18. The third-order valence-corrected chi connectivity index (χ3v) is 5.26. The van der Waals surface area contributed by atoms with Gasteiger partial charge in [-0.05, 0) is 48.5 Å². The molecule has 0 fully saturated rings. The molecule has 2 N–H and O–H groups in total. The molecule has 2 heterocycles. The molecule has 2 aromatic carbocycles. The highest BCUT2D eigenvalue weighted by Crippen LogP contribution is 2.55. The molecule has 0 bridgehead atoms. The van der Waals surface area contributed by atoms with Crippen LogP contribution in [0.1, 0.15) is 11.1 Å². The minimum Gasteiger partial charge on any atom is -0.325 e. The van der Waals surface area contributed by atoms with Crippen molar-refractivity contribution < 1.29 is 30.7 Å². The molecule has 1 aliphatic rings. The topological polar surface area (TPSA) is 79.2 Å². The predicted molar refractivity (Wildman–Crippen MR) is 108 cm³/mol. The summed E-state index contributed by atoms with van der Waals surface area (Å²) in [7, 11) is 0. The second-order valence-corrected chi connectivity index (χ2v) is 7.53. The average molecular weight is 507 g/mol. The largest absolute Gasteiger partial charge is 0.427 e. The number of nitrogens with one attached hydrogen (secondary N) is 2. The number of alkyl halides is 6. The van der Waals surface area contributed by atoms with Crippen molar-refractivity contribution in [1.29, 1.82) is 0 Å². The van der Waals surface area contributed by atoms with E-state index in [1.165, 1.54) is 17.1 Å². The number of amidine groups is 1. The number of fused-ring (bicyclic) bond motifs is 1. The first-order chi connectivity index (χ1) is 15.8. The van der Waals surface area contributed by atoms with Crippen molar-refractivity contribution in [3.63, 3.8) is 0 Å². The molecular formula is C20H10ClF7N4O2. The molecular weight excluding hydrogens is 497 g/mol. The van der Waals surface area contributed by atoms with Crippen LogP contribution in [0.3, 0.4) is 0 Å². The van der Waals surface area contributed by atoms with Gasteiger partial charge in [0, 0.05) is 10.6 Å². The summed E-state index contributed by atoms with van der Waals surface area (Å²) in [6, 6.07) is 8.14. The monoisotopic (exact) mass is 506 g/mol. The number of nitrogens with zero attached hydrogens (tertiary/aromatic N) is 2. The number of rotatable bonds is 2. The Balaban J connectivity index is 2.17. The van der Waals surface area contributed by atoms with Gasteiger partial charge in [0.25, 0.3) is 11.1 Å². The third kappa shape index (κ3) is 3.56. The van der Waals surface area contributed by atoms with Crippen LogP contribution in [0.15, 0.2) is 63.1 Å². The fourth-order valence-corrected chi connectivity index (χ4v) is 3.63. The predicted octanol–water partition coefficient (Wildman–Crippen LogP) is 4.51. The van der Waals surface area contributed by atoms with Crippen LogP contribution in [0.25, 0.3) is 5.69 Å². The number of aromatic amines is 1. The van der Waals surface area contributed by atoms with E-state index in [0.717, 1.165) is 36.4 Å². The number of anilines is 1. The number of halogens is 8. The molecule has 0 saturated carbocycles. The van der Waals surface area contributed by atoms with Gasteiger partial charge in [-0.1, -0.05) is 11.6 Å². The van der Waals surface area contributed by atoms with Crippen molar-refractivity contribution in [2.24, 2.45) is 4.99 Å². The van der Waals surface area contributed by atoms with E-state index < -0.39 is 52.2 Å². The maximum absolute atomic E-state index is 14.2. The third-order valence-electron chi connectivity index (χ3n) is 5.01. The number of H-pyrrole nitrogens is 1. The molecule has 4 rings (SSSR count). The number of aliphatic imine (C=N–C) groups is 1. The molecule has 0 unspecified atom stereocenters. The van der Waals surface area contributed by atoms with E-state index in [9.17, 15) is 40.3 Å². The van der Waals surface area contributed by atoms with Crippen LogP contribution in [0.2, 0.25) is 5.02 Å². The number of benzene rings is 2. The van der Waals surface area contributed by atoms with Crippen LogP contribution in [0, 0.1) is 5.82 Å². The second kappa shape index (κ2) is 7.72. The molecule has 178 valence electrons. The zero-order valence-corrected chi connectivity index (χ0v) is 17.1. The summed E-state index contributed by atoms with van der Waals surface area (Å²) >= 11 is 5.78. The summed E-state index contributed by atoms with van der Waals surface area (Å²) in [5.41, 5.74) is -10.7. The average Bonchev–Trinajstić information content (AvgIpc) is 2.73.